The van der Waals surface area contributed by atoms with E-state index in [2.05, 4.69) is 31.9 Å². The highest BCUT2D eigenvalue weighted by Crippen LogP contribution is 2.36. The minimum atomic E-state index is -0.119. The van der Waals surface area contributed by atoms with E-state index in [-0.39, 0.29) is 5.91 Å². The molecule has 1 aliphatic heterocycles. The first-order chi connectivity index (χ1) is 15.1. The van der Waals surface area contributed by atoms with Crippen molar-refractivity contribution in [1.82, 2.24) is 24.6 Å². The van der Waals surface area contributed by atoms with E-state index in [4.69, 9.17) is 4.98 Å². The molecule has 2 N–H and O–H groups in total. The molecule has 1 atom stereocenters. The van der Waals surface area contributed by atoms with Crippen LogP contribution in [0.5, 0.6) is 0 Å². The van der Waals surface area contributed by atoms with E-state index in [1.807, 2.05) is 42.6 Å². The minimum absolute atomic E-state index is 0.119. The van der Waals surface area contributed by atoms with E-state index >= 15 is 0 Å². The quantitative estimate of drug-likeness (QED) is 0.505. The van der Waals surface area contributed by atoms with Crippen molar-refractivity contribution in [2.24, 2.45) is 0 Å². The van der Waals surface area contributed by atoms with E-state index in [0.717, 1.165) is 46.5 Å². The average Bonchev–Trinajstić information content (AvgIpc) is 3.20. The Morgan fingerprint density at radius 3 is 2.90 bits per heavy atom. The normalized spacial score (nSPS) is 19.5. The molecular weight excluding hydrogens is 388 g/mol. The molecule has 2 aliphatic rings. The van der Waals surface area contributed by atoms with Gasteiger partial charge in [-0.05, 0) is 75.5 Å². The van der Waals surface area contributed by atoms with Gasteiger partial charge in [0, 0.05) is 22.7 Å². The van der Waals surface area contributed by atoms with Crippen molar-refractivity contribution >= 4 is 33.5 Å². The van der Waals surface area contributed by atoms with Gasteiger partial charge in [0.25, 0.3) is 5.91 Å². The summed E-state index contributed by atoms with van der Waals surface area (Å²) in [6, 6.07) is 12.8. The summed E-state index contributed by atoms with van der Waals surface area (Å²) < 4.78 is 2.07. The van der Waals surface area contributed by atoms with Crippen molar-refractivity contribution in [3.8, 4) is 0 Å². The van der Waals surface area contributed by atoms with E-state index in [0.29, 0.717) is 17.6 Å². The molecule has 7 nitrogen and oxygen atoms in total. The van der Waals surface area contributed by atoms with Crippen molar-refractivity contribution in [2.75, 3.05) is 11.9 Å². The standard InChI is InChI=1S/C24H26N6O/c1-15-3-2-10-29(15)14-23-27-20-8-5-18(12-21(20)28-23)26-24(31)16-4-9-22-17(11-16)13-25-30(22)19-6-7-19/h4-5,8-9,11-13,15,19H,2-3,6-7,10,14H2,1H3,(H,26,31)(H,27,28)/t15-/m0/s1. The Bertz CT molecular complexity index is 1280. The van der Waals surface area contributed by atoms with Crippen molar-refractivity contribution in [3.63, 3.8) is 0 Å². The summed E-state index contributed by atoms with van der Waals surface area (Å²) in [5.41, 5.74) is 4.36. The SMILES string of the molecule is C[C@H]1CCCN1Cc1nc2ccc(NC(=O)c3ccc4c(cnn4C4CC4)c3)cc2[nH]1. The molecule has 0 spiro atoms. The lowest BCUT2D eigenvalue weighted by Crippen LogP contribution is -2.26. The summed E-state index contributed by atoms with van der Waals surface area (Å²) in [7, 11) is 0. The zero-order valence-corrected chi connectivity index (χ0v) is 17.6. The molecule has 1 saturated heterocycles. The van der Waals surface area contributed by atoms with Crippen LogP contribution in [0.3, 0.4) is 0 Å². The maximum atomic E-state index is 12.8. The molecule has 1 aliphatic carbocycles. The number of carbonyl (C=O) groups is 1. The molecule has 2 aromatic carbocycles. The summed E-state index contributed by atoms with van der Waals surface area (Å²) in [5.74, 6) is 0.858. The summed E-state index contributed by atoms with van der Waals surface area (Å²) in [6.45, 7) is 4.24. The lowest BCUT2D eigenvalue weighted by molar-refractivity contribution is 0.102. The summed E-state index contributed by atoms with van der Waals surface area (Å²) >= 11 is 0. The smallest absolute Gasteiger partial charge is 0.255 e. The number of imidazole rings is 1. The third-order valence-electron chi connectivity index (χ3n) is 6.58. The van der Waals surface area contributed by atoms with E-state index in [1.54, 1.807) is 0 Å². The van der Waals surface area contributed by atoms with Crippen LogP contribution in [0, 0.1) is 0 Å². The Kier molecular flexibility index (Phi) is 4.31. The number of hydrogen-bond acceptors (Lipinski definition) is 4. The number of likely N-dealkylation sites (tertiary alicyclic amines) is 1. The van der Waals surface area contributed by atoms with Gasteiger partial charge in [0.2, 0.25) is 0 Å². The molecule has 0 unspecified atom stereocenters. The fourth-order valence-corrected chi connectivity index (χ4v) is 4.64. The number of benzene rings is 2. The van der Waals surface area contributed by atoms with Crippen LogP contribution >= 0.6 is 0 Å². The number of fused-ring (bicyclic) bond motifs is 2. The second-order valence-corrected chi connectivity index (χ2v) is 8.93. The number of anilines is 1. The number of nitrogens with zero attached hydrogens (tertiary/aromatic N) is 4. The molecule has 0 radical (unpaired) electrons. The Morgan fingerprint density at radius 1 is 1.19 bits per heavy atom. The van der Waals surface area contributed by atoms with Crippen LogP contribution in [-0.4, -0.2) is 43.1 Å². The first kappa shape index (κ1) is 18.6. The molecule has 158 valence electrons. The Hall–Kier alpha value is -3.19. The van der Waals surface area contributed by atoms with Gasteiger partial charge in [0.15, 0.2) is 0 Å². The van der Waals surface area contributed by atoms with E-state index < -0.39 is 0 Å². The zero-order chi connectivity index (χ0) is 20.9. The fourth-order valence-electron chi connectivity index (χ4n) is 4.64. The van der Waals surface area contributed by atoms with Gasteiger partial charge < -0.3 is 10.3 Å². The Balaban J connectivity index is 1.20. The topological polar surface area (TPSA) is 78.8 Å². The number of aromatic amines is 1. The molecule has 1 saturated carbocycles. The monoisotopic (exact) mass is 414 g/mol. The Morgan fingerprint density at radius 2 is 2.10 bits per heavy atom. The maximum absolute atomic E-state index is 12.8. The fraction of sp³-hybridized carbons (Fsp3) is 0.375. The van der Waals surface area contributed by atoms with Crippen molar-refractivity contribution in [2.45, 2.75) is 51.2 Å². The number of hydrogen-bond donors (Lipinski definition) is 2. The largest absolute Gasteiger partial charge is 0.341 e. The molecule has 6 rings (SSSR count). The summed E-state index contributed by atoms with van der Waals surface area (Å²) in [4.78, 5) is 23.5. The molecule has 2 fully saturated rings. The number of rotatable bonds is 5. The molecule has 7 heteroatoms. The molecular formula is C24H26N6O. The number of amides is 1. The maximum Gasteiger partial charge on any atom is 0.255 e. The number of aromatic nitrogens is 4. The van der Waals surface area contributed by atoms with Crippen molar-refractivity contribution in [1.29, 1.82) is 0 Å². The van der Waals surface area contributed by atoms with Gasteiger partial charge in [-0.3, -0.25) is 14.4 Å². The van der Waals surface area contributed by atoms with Crippen LogP contribution in [0.25, 0.3) is 21.9 Å². The molecule has 0 bridgehead atoms. The minimum Gasteiger partial charge on any atom is -0.341 e. The van der Waals surface area contributed by atoms with E-state index in [9.17, 15) is 4.79 Å². The molecule has 2 aromatic heterocycles. The van der Waals surface area contributed by atoms with E-state index in [1.165, 1.54) is 25.7 Å². The average molecular weight is 415 g/mol. The summed E-state index contributed by atoms with van der Waals surface area (Å²) in [5, 5.41) is 8.52. The number of H-pyrrole nitrogens is 1. The second kappa shape index (κ2) is 7.20. The van der Waals surface area contributed by atoms with Crippen LogP contribution in [0.1, 0.15) is 54.8 Å². The van der Waals surface area contributed by atoms with Gasteiger partial charge in [0.1, 0.15) is 5.82 Å². The molecule has 1 amide bonds. The lowest BCUT2D eigenvalue weighted by Gasteiger charge is -2.19. The molecule has 4 aromatic rings. The number of carbonyl (C=O) groups excluding carboxylic acids is 1. The second-order valence-electron chi connectivity index (χ2n) is 8.93. The molecule has 31 heavy (non-hydrogen) atoms. The van der Waals surface area contributed by atoms with Gasteiger partial charge in [0.05, 0.1) is 35.3 Å². The van der Waals surface area contributed by atoms with Crippen LogP contribution in [0.15, 0.2) is 42.6 Å². The Labute approximate surface area is 180 Å². The van der Waals surface area contributed by atoms with Crippen LogP contribution in [0.4, 0.5) is 5.69 Å². The summed E-state index contributed by atoms with van der Waals surface area (Å²) in [6.07, 6.45) is 6.74. The highest BCUT2D eigenvalue weighted by Gasteiger charge is 2.26. The van der Waals surface area contributed by atoms with Gasteiger partial charge in [-0.15, -0.1) is 0 Å². The van der Waals surface area contributed by atoms with Gasteiger partial charge in [-0.1, -0.05) is 0 Å². The van der Waals surface area contributed by atoms with Gasteiger partial charge in [-0.25, -0.2) is 4.98 Å². The first-order valence-corrected chi connectivity index (χ1v) is 11.2. The van der Waals surface area contributed by atoms with Crippen LogP contribution in [-0.2, 0) is 6.54 Å². The van der Waals surface area contributed by atoms with Crippen molar-refractivity contribution in [3.05, 3.63) is 54.0 Å². The predicted octanol–water partition coefficient (Wildman–Crippen LogP) is 4.48. The third-order valence-corrected chi connectivity index (χ3v) is 6.58. The van der Waals surface area contributed by atoms with Gasteiger partial charge >= 0.3 is 0 Å². The lowest BCUT2D eigenvalue weighted by atomic mass is 10.1. The third kappa shape index (κ3) is 3.49. The highest BCUT2D eigenvalue weighted by atomic mass is 16.1. The van der Waals surface area contributed by atoms with Crippen LogP contribution < -0.4 is 5.32 Å². The zero-order valence-electron chi connectivity index (χ0n) is 17.6. The highest BCUT2D eigenvalue weighted by molar-refractivity contribution is 6.06. The molecule has 3 heterocycles. The van der Waals surface area contributed by atoms with Crippen molar-refractivity contribution < 1.29 is 4.79 Å². The predicted molar refractivity (Wildman–Crippen MR) is 121 cm³/mol. The van der Waals surface area contributed by atoms with Crippen LogP contribution in [0.2, 0.25) is 0 Å². The first-order valence-electron chi connectivity index (χ1n) is 11.2. The van der Waals surface area contributed by atoms with Gasteiger partial charge in [-0.2, -0.15) is 5.10 Å². The number of nitrogens with one attached hydrogen (secondary N) is 2.